The van der Waals surface area contributed by atoms with E-state index in [9.17, 15) is 10.2 Å². The van der Waals surface area contributed by atoms with Gasteiger partial charge in [0.25, 0.3) is 0 Å². The smallest absolute Gasteiger partial charge is 0.190 e. The lowest BCUT2D eigenvalue weighted by atomic mass is 10.1. The molecule has 0 saturated carbocycles. The molecule has 94 valence electrons. The average molecular weight is 243 g/mol. The van der Waals surface area contributed by atoms with Crippen molar-refractivity contribution >= 4 is 5.84 Å². The Hall–Kier alpha value is -1.55. The number of aliphatic hydroxyl groups is 3. The highest BCUT2D eigenvalue weighted by atomic mass is 16.6. The predicted molar refractivity (Wildman–Crippen MR) is 54.9 cm³/mol. The van der Waals surface area contributed by atoms with E-state index in [0.717, 1.165) is 0 Å². The number of hydrogen-bond acceptors (Lipinski definition) is 7. The number of ether oxygens (including phenoxy) is 1. The molecule has 0 spiro atoms. The lowest BCUT2D eigenvalue weighted by Crippen LogP contribution is -2.34. The van der Waals surface area contributed by atoms with Gasteiger partial charge < -0.3 is 25.8 Å². The molecule has 0 amide bonds. The molecule has 6 N–H and O–H groups in total. The Bertz CT molecular complexity index is 395. The zero-order valence-corrected chi connectivity index (χ0v) is 8.76. The van der Waals surface area contributed by atoms with Gasteiger partial charge in [0, 0.05) is 0 Å². The second-order valence-electron chi connectivity index (χ2n) is 3.58. The molecule has 0 aliphatic carbocycles. The van der Waals surface area contributed by atoms with Crippen molar-refractivity contribution in [1.29, 1.82) is 0 Å². The number of aromatic nitrogens is 3. The van der Waals surface area contributed by atoms with Crippen molar-refractivity contribution in [2.75, 3.05) is 6.61 Å². The van der Waals surface area contributed by atoms with Crippen molar-refractivity contribution in [2.24, 2.45) is 10.7 Å². The van der Waals surface area contributed by atoms with E-state index in [0.29, 0.717) is 0 Å². The second-order valence-corrected chi connectivity index (χ2v) is 3.58. The summed E-state index contributed by atoms with van der Waals surface area (Å²) in [7, 11) is 0. The van der Waals surface area contributed by atoms with Crippen LogP contribution in [0.3, 0.4) is 0 Å². The van der Waals surface area contributed by atoms with Crippen molar-refractivity contribution in [3.63, 3.8) is 0 Å². The van der Waals surface area contributed by atoms with E-state index in [1.54, 1.807) is 0 Å². The van der Waals surface area contributed by atoms with Gasteiger partial charge in [-0.05, 0) is 0 Å². The zero-order valence-electron chi connectivity index (χ0n) is 8.76. The molecule has 1 fully saturated rings. The fourth-order valence-corrected chi connectivity index (χ4v) is 1.51. The summed E-state index contributed by atoms with van der Waals surface area (Å²) in [5.41, 5.74) is 5.59. The maximum Gasteiger partial charge on any atom is 0.190 e. The first-order valence-electron chi connectivity index (χ1n) is 4.95. The Labute approximate surface area is 96.0 Å². The van der Waals surface area contributed by atoms with Gasteiger partial charge >= 0.3 is 0 Å². The van der Waals surface area contributed by atoms with Crippen LogP contribution in [0.1, 0.15) is 5.82 Å². The van der Waals surface area contributed by atoms with E-state index in [-0.39, 0.29) is 11.7 Å². The van der Waals surface area contributed by atoms with Crippen molar-refractivity contribution in [2.45, 2.75) is 24.5 Å². The summed E-state index contributed by atoms with van der Waals surface area (Å²) in [6.07, 6.45) is -3.09. The normalized spacial score (nSPS) is 34.2. The number of nitrogens with zero attached hydrogens (tertiary/aromatic N) is 3. The van der Waals surface area contributed by atoms with Crippen LogP contribution in [0.5, 0.6) is 0 Å². The average Bonchev–Trinajstić information content (AvgIpc) is 2.93. The standard InChI is InChI=1S/C8H13N5O4/c9-6(7-10-2-11-13-7)12-8-5(16)4(15)3(1-14)17-8/h2-5,8,14-16H,1H2,(H2,9,12)(H,10,11,13)/t3-,4-,5-,8?/m1/s1. The Morgan fingerprint density at radius 2 is 2.29 bits per heavy atom. The van der Waals surface area contributed by atoms with Gasteiger partial charge in [0.1, 0.15) is 24.6 Å². The van der Waals surface area contributed by atoms with E-state index in [4.69, 9.17) is 15.6 Å². The van der Waals surface area contributed by atoms with Gasteiger partial charge in [-0.15, -0.1) is 0 Å². The van der Waals surface area contributed by atoms with Crippen molar-refractivity contribution in [3.8, 4) is 0 Å². The molecule has 4 atom stereocenters. The Balaban J connectivity index is 2.12. The van der Waals surface area contributed by atoms with Gasteiger partial charge in [0.15, 0.2) is 17.9 Å². The summed E-state index contributed by atoms with van der Waals surface area (Å²) in [6, 6.07) is 0. The molecule has 1 aromatic heterocycles. The van der Waals surface area contributed by atoms with Gasteiger partial charge in [0.05, 0.1) is 6.61 Å². The zero-order chi connectivity index (χ0) is 12.4. The number of aromatic amines is 1. The highest BCUT2D eigenvalue weighted by Gasteiger charge is 2.42. The molecule has 1 aromatic rings. The highest BCUT2D eigenvalue weighted by Crippen LogP contribution is 2.21. The molecule has 1 aliphatic heterocycles. The molecule has 2 heterocycles. The predicted octanol–water partition coefficient (Wildman–Crippen LogP) is -3.05. The van der Waals surface area contributed by atoms with Crippen LogP contribution >= 0.6 is 0 Å². The van der Waals surface area contributed by atoms with Crippen LogP contribution in [-0.4, -0.2) is 67.5 Å². The molecule has 9 nitrogen and oxygen atoms in total. The maximum absolute atomic E-state index is 9.61. The minimum atomic E-state index is -1.24. The van der Waals surface area contributed by atoms with E-state index in [2.05, 4.69) is 20.2 Å². The number of rotatable bonds is 3. The van der Waals surface area contributed by atoms with Crippen LogP contribution in [-0.2, 0) is 4.74 Å². The number of hydrogen-bond donors (Lipinski definition) is 5. The van der Waals surface area contributed by atoms with Crippen LogP contribution in [0.15, 0.2) is 11.3 Å². The second kappa shape index (κ2) is 4.75. The number of amidine groups is 1. The third-order valence-electron chi connectivity index (χ3n) is 2.44. The molecule has 17 heavy (non-hydrogen) atoms. The Morgan fingerprint density at radius 3 is 2.82 bits per heavy atom. The molecular weight excluding hydrogens is 230 g/mol. The van der Waals surface area contributed by atoms with Gasteiger partial charge in [-0.25, -0.2) is 9.98 Å². The van der Waals surface area contributed by atoms with E-state index >= 15 is 0 Å². The maximum atomic E-state index is 9.61. The lowest BCUT2D eigenvalue weighted by Gasteiger charge is -2.10. The number of nitrogens with one attached hydrogen (secondary N) is 1. The Kier molecular flexibility index (Phi) is 3.33. The van der Waals surface area contributed by atoms with Crippen LogP contribution in [0, 0.1) is 0 Å². The fraction of sp³-hybridized carbons (Fsp3) is 0.625. The first-order valence-corrected chi connectivity index (χ1v) is 4.95. The number of aliphatic imine (C=N–C) groups is 1. The quantitative estimate of drug-likeness (QED) is 0.279. The molecular formula is C8H13N5O4. The van der Waals surface area contributed by atoms with Crippen LogP contribution in [0.2, 0.25) is 0 Å². The first-order chi connectivity index (χ1) is 8.13. The summed E-state index contributed by atoms with van der Waals surface area (Å²) >= 11 is 0. The minimum absolute atomic E-state index is 0.00246. The third kappa shape index (κ3) is 2.26. The van der Waals surface area contributed by atoms with Crippen molar-refractivity contribution < 1.29 is 20.1 Å². The van der Waals surface area contributed by atoms with Crippen LogP contribution in [0.4, 0.5) is 0 Å². The van der Waals surface area contributed by atoms with Crippen LogP contribution in [0.25, 0.3) is 0 Å². The summed E-state index contributed by atoms with van der Waals surface area (Å²) in [4.78, 5) is 7.64. The molecule has 0 bridgehead atoms. The fourth-order valence-electron chi connectivity index (χ4n) is 1.51. The van der Waals surface area contributed by atoms with Crippen LogP contribution < -0.4 is 5.73 Å². The third-order valence-corrected chi connectivity index (χ3v) is 2.44. The van der Waals surface area contributed by atoms with E-state index < -0.39 is 31.1 Å². The number of nitrogens with two attached hydrogens (primary N) is 1. The number of H-pyrrole nitrogens is 1. The van der Waals surface area contributed by atoms with Crippen molar-refractivity contribution in [3.05, 3.63) is 12.2 Å². The Morgan fingerprint density at radius 1 is 1.53 bits per heavy atom. The van der Waals surface area contributed by atoms with Gasteiger partial charge in [-0.3, -0.25) is 5.10 Å². The van der Waals surface area contributed by atoms with Crippen molar-refractivity contribution in [1.82, 2.24) is 15.2 Å². The SMILES string of the molecule is NC(=NC1O[C@H](CO)[C@@H](O)[C@H]1O)c1ncn[nH]1. The molecule has 2 rings (SSSR count). The highest BCUT2D eigenvalue weighted by molar-refractivity contribution is 5.93. The molecule has 9 heteroatoms. The minimum Gasteiger partial charge on any atom is -0.394 e. The molecule has 1 saturated heterocycles. The van der Waals surface area contributed by atoms with E-state index in [1.165, 1.54) is 6.33 Å². The summed E-state index contributed by atoms with van der Waals surface area (Å²) in [5, 5.41) is 34.1. The topological polar surface area (TPSA) is 150 Å². The summed E-state index contributed by atoms with van der Waals surface area (Å²) in [6.45, 7) is -0.410. The largest absolute Gasteiger partial charge is 0.394 e. The first kappa shape index (κ1) is 11.9. The summed E-state index contributed by atoms with van der Waals surface area (Å²) < 4.78 is 5.12. The van der Waals surface area contributed by atoms with Gasteiger partial charge in [-0.1, -0.05) is 0 Å². The number of aliphatic hydroxyl groups excluding tert-OH is 3. The summed E-state index contributed by atoms with van der Waals surface area (Å²) in [5.74, 6) is 0.236. The van der Waals surface area contributed by atoms with Gasteiger partial charge in [0.2, 0.25) is 0 Å². The van der Waals surface area contributed by atoms with E-state index in [1.807, 2.05) is 0 Å². The molecule has 1 aliphatic rings. The van der Waals surface area contributed by atoms with Gasteiger partial charge in [-0.2, -0.15) is 5.10 Å². The monoisotopic (exact) mass is 243 g/mol. The molecule has 0 radical (unpaired) electrons. The lowest BCUT2D eigenvalue weighted by molar-refractivity contribution is -0.0193. The molecule has 0 aromatic carbocycles. The molecule has 1 unspecified atom stereocenters.